The predicted octanol–water partition coefficient (Wildman–Crippen LogP) is 13.9. The Balaban J connectivity index is 1.07. The topological polar surface area (TPSA) is 56.7 Å². The van der Waals surface area contributed by atoms with E-state index >= 15 is 0 Å². The van der Waals surface area contributed by atoms with E-state index in [0.29, 0.717) is 17.5 Å². The van der Waals surface area contributed by atoms with Crippen LogP contribution in [-0.4, -0.2) is 19.5 Å². The van der Waals surface area contributed by atoms with E-state index in [4.69, 9.17) is 19.4 Å². The predicted molar refractivity (Wildman–Crippen MR) is 236 cm³/mol. The first-order valence-electron chi connectivity index (χ1n) is 19.0. The van der Waals surface area contributed by atoms with E-state index in [0.717, 1.165) is 71.9 Å². The molecule has 0 bridgehead atoms. The Morgan fingerprint density at radius 2 is 1.05 bits per heavy atom. The highest BCUT2D eigenvalue weighted by atomic mass is 32.1. The summed E-state index contributed by atoms with van der Waals surface area (Å²) in [5.41, 5.74) is 10.4. The van der Waals surface area contributed by atoms with Gasteiger partial charge in [0.15, 0.2) is 17.5 Å². The number of benzene rings is 8. The number of hydrogen-bond donors (Lipinski definition) is 0. The lowest BCUT2D eigenvalue weighted by Gasteiger charge is -2.10. The Morgan fingerprint density at radius 3 is 1.81 bits per heavy atom. The van der Waals surface area contributed by atoms with Gasteiger partial charge >= 0.3 is 0 Å². The summed E-state index contributed by atoms with van der Waals surface area (Å²) in [7, 11) is 0. The fourth-order valence-corrected chi connectivity index (χ4v) is 9.57. The quantitative estimate of drug-likeness (QED) is 0.176. The van der Waals surface area contributed by atoms with Crippen molar-refractivity contribution in [3.63, 3.8) is 0 Å². The zero-order valence-electron chi connectivity index (χ0n) is 30.4. The fraction of sp³-hybridized carbons (Fsp3) is 0. The zero-order chi connectivity index (χ0) is 37.5. The van der Waals surface area contributed by atoms with Crippen LogP contribution in [0.25, 0.3) is 115 Å². The van der Waals surface area contributed by atoms with Gasteiger partial charge in [-0.3, -0.25) is 0 Å². The molecule has 0 aliphatic carbocycles. The number of hydrogen-bond acceptors (Lipinski definition) is 5. The molecule has 12 aromatic rings. The number of rotatable bonds is 5. The van der Waals surface area contributed by atoms with Gasteiger partial charge in [0.05, 0.1) is 16.4 Å². The van der Waals surface area contributed by atoms with Gasteiger partial charge in [0, 0.05) is 58.7 Å². The van der Waals surface area contributed by atoms with E-state index in [9.17, 15) is 0 Å². The van der Waals surface area contributed by atoms with Gasteiger partial charge in [0.2, 0.25) is 0 Å². The molecule has 6 heteroatoms. The van der Waals surface area contributed by atoms with E-state index in [2.05, 4.69) is 144 Å². The van der Waals surface area contributed by atoms with Gasteiger partial charge in [-0.25, -0.2) is 15.0 Å². The molecule has 4 aromatic heterocycles. The van der Waals surface area contributed by atoms with E-state index in [-0.39, 0.29) is 0 Å². The molecular formula is C51H30N4OS. The first-order valence-corrected chi connectivity index (χ1v) is 19.8. The van der Waals surface area contributed by atoms with E-state index in [1.807, 2.05) is 42.5 Å². The Bertz CT molecular complexity index is 3460. The zero-order valence-corrected chi connectivity index (χ0v) is 31.2. The summed E-state index contributed by atoms with van der Waals surface area (Å²) in [5.74, 6) is 1.97. The third-order valence-electron chi connectivity index (χ3n) is 11.1. The summed E-state index contributed by atoms with van der Waals surface area (Å²) in [6.45, 7) is 0. The molecule has 8 aromatic carbocycles. The van der Waals surface area contributed by atoms with Gasteiger partial charge in [-0.2, -0.15) is 0 Å². The maximum absolute atomic E-state index is 6.38. The molecule has 4 heterocycles. The Labute approximate surface area is 330 Å². The first kappa shape index (κ1) is 31.9. The highest BCUT2D eigenvalue weighted by Gasteiger charge is 2.21. The Hall–Kier alpha value is -7.41. The van der Waals surface area contributed by atoms with Crippen molar-refractivity contribution in [1.29, 1.82) is 0 Å². The molecule has 0 fully saturated rings. The lowest BCUT2D eigenvalue weighted by Crippen LogP contribution is -2.00. The normalized spacial score (nSPS) is 11.9. The SMILES string of the molecule is c1ccc(-c2nc(-c3ccccc3)nc(-c3cccc4sc5ccc(-c6ccc7c(c6)c6ccc8oc9ccccc9c8c6n7-c6ccccc6)cc5c34)n2)cc1. The minimum atomic E-state index is 0.653. The molecule has 0 aliphatic heterocycles. The van der Waals surface area contributed by atoms with Crippen LogP contribution in [0.2, 0.25) is 0 Å². The number of para-hydroxylation sites is 2. The molecule has 57 heavy (non-hydrogen) atoms. The number of nitrogens with zero attached hydrogens (tertiary/aromatic N) is 4. The molecule has 266 valence electrons. The number of thiophene rings is 1. The lowest BCUT2D eigenvalue weighted by atomic mass is 9.99. The van der Waals surface area contributed by atoms with Crippen molar-refractivity contribution in [2.75, 3.05) is 0 Å². The van der Waals surface area contributed by atoms with Crippen molar-refractivity contribution in [3.8, 4) is 51.0 Å². The van der Waals surface area contributed by atoms with Crippen molar-refractivity contribution in [3.05, 3.63) is 182 Å². The van der Waals surface area contributed by atoms with Crippen LogP contribution >= 0.6 is 11.3 Å². The largest absolute Gasteiger partial charge is 0.456 e. The van der Waals surface area contributed by atoms with Gasteiger partial charge in [-0.15, -0.1) is 11.3 Å². The maximum Gasteiger partial charge on any atom is 0.164 e. The molecule has 0 saturated heterocycles. The van der Waals surface area contributed by atoms with Crippen LogP contribution in [0.4, 0.5) is 0 Å². The molecule has 0 aliphatic rings. The molecule has 12 rings (SSSR count). The summed E-state index contributed by atoms with van der Waals surface area (Å²) in [6.07, 6.45) is 0. The average Bonchev–Trinajstić information content (AvgIpc) is 3.96. The molecule has 0 spiro atoms. The smallest absolute Gasteiger partial charge is 0.164 e. The van der Waals surface area contributed by atoms with Crippen LogP contribution in [0.15, 0.2) is 186 Å². The number of furan rings is 1. The Morgan fingerprint density at radius 1 is 0.404 bits per heavy atom. The van der Waals surface area contributed by atoms with E-state index < -0.39 is 0 Å². The second-order valence-electron chi connectivity index (χ2n) is 14.4. The van der Waals surface area contributed by atoms with Gasteiger partial charge in [-0.05, 0) is 71.8 Å². The summed E-state index contributed by atoms with van der Waals surface area (Å²) in [6, 6.07) is 63.8. The van der Waals surface area contributed by atoms with Gasteiger partial charge in [-0.1, -0.05) is 121 Å². The second-order valence-corrected chi connectivity index (χ2v) is 15.4. The molecular weight excluding hydrogens is 717 g/mol. The average molecular weight is 747 g/mol. The lowest BCUT2D eigenvalue weighted by molar-refractivity contribution is 0.669. The molecule has 0 N–H and O–H groups in total. The molecule has 0 saturated carbocycles. The van der Waals surface area contributed by atoms with Crippen LogP contribution in [0.1, 0.15) is 0 Å². The van der Waals surface area contributed by atoms with Crippen LogP contribution in [0.3, 0.4) is 0 Å². The van der Waals surface area contributed by atoms with Crippen molar-refractivity contribution >= 4 is 75.3 Å². The third kappa shape index (κ3) is 5.04. The summed E-state index contributed by atoms with van der Waals surface area (Å²) < 4.78 is 11.2. The first-order chi connectivity index (χ1) is 28.2. The summed E-state index contributed by atoms with van der Waals surface area (Å²) in [5, 5.41) is 6.98. The van der Waals surface area contributed by atoms with Crippen LogP contribution in [0.5, 0.6) is 0 Å². The number of aromatic nitrogens is 4. The van der Waals surface area contributed by atoms with Crippen molar-refractivity contribution < 1.29 is 4.42 Å². The molecule has 5 nitrogen and oxygen atoms in total. The standard InChI is InChI=1S/C51H30N4OS/c1-4-13-31(14-5-1)49-52-50(32-15-6-2-7-16-32)54-51(53-49)38-20-12-22-45-46(38)40-30-34(24-28-44(40)57-45)33-23-26-41-39(29-33)36-25-27-43-47(37-19-10-11-21-42(37)56-43)48(36)55(41)35-17-8-3-9-18-35/h1-30H. The molecule has 0 radical (unpaired) electrons. The van der Waals surface area contributed by atoms with Crippen molar-refractivity contribution in [2.24, 2.45) is 0 Å². The van der Waals surface area contributed by atoms with Crippen molar-refractivity contribution in [1.82, 2.24) is 19.5 Å². The minimum Gasteiger partial charge on any atom is -0.456 e. The maximum atomic E-state index is 6.38. The summed E-state index contributed by atoms with van der Waals surface area (Å²) >= 11 is 1.80. The number of fused-ring (bicyclic) bond motifs is 10. The highest BCUT2D eigenvalue weighted by Crippen LogP contribution is 2.44. The Kier molecular flexibility index (Phi) is 7.03. The van der Waals surface area contributed by atoms with Crippen LogP contribution in [0, 0.1) is 0 Å². The van der Waals surface area contributed by atoms with Gasteiger partial charge in [0.25, 0.3) is 0 Å². The molecule has 0 amide bonds. The molecule has 0 unspecified atom stereocenters. The minimum absolute atomic E-state index is 0.653. The third-order valence-corrected chi connectivity index (χ3v) is 12.2. The van der Waals surface area contributed by atoms with Crippen LogP contribution in [-0.2, 0) is 0 Å². The van der Waals surface area contributed by atoms with Crippen LogP contribution < -0.4 is 0 Å². The monoisotopic (exact) mass is 746 g/mol. The second kappa shape index (κ2) is 12.6. The van der Waals surface area contributed by atoms with E-state index in [1.165, 1.54) is 25.6 Å². The molecule has 0 atom stereocenters. The fourth-order valence-electron chi connectivity index (χ4n) is 8.46. The van der Waals surface area contributed by atoms with Crippen molar-refractivity contribution in [2.45, 2.75) is 0 Å². The summed E-state index contributed by atoms with van der Waals surface area (Å²) in [4.78, 5) is 15.2. The van der Waals surface area contributed by atoms with Gasteiger partial charge < -0.3 is 8.98 Å². The highest BCUT2D eigenvalue weighted by molar-refractivity contribution is 7.26. The van der Waals surface area contributed by atoms with E-state index in [1.54, 1.807) is 11.3 Å². The van der Waals surface area contributed by atoms with Gasteiger partial charge in [0.1, 0.15) is 11.2 Å².